The molecule has 33 heavy (non-hydrogen) atoms. The summed E-state index contributed by atoms with van der Waals surface area (Å²) in [5, 5.41) is 8.43. The molecule has 0 aliphatic carbocycles. The van der Waals surface area contributed by atoms with Gasteiger partial charge in [-0.3, -0.25) is 4.79 Å². The van der Waals surface area contributed by atoms with Crippen molar-refractivity contribution in [1.29, 1.82) is 0 Å². The van der Waals surface area contributed by atoms with Gasteiger partial charge in [0.25, 0.3) is 5.91 Å². The van der Waals surface area contributed by atoms with Gasteiger partial charge in [0.2, 0.25) is 5.95 Å². The lowest BCUT2D eigenvalue weighted by atomic mass is 10.1. The number of nitrogens with zero attached hydrogens (tertiary/aromatic N) is 5. The van der Waals surface area contributed by atoms with E-state index in [-0.39, 0.29) is 11.9 Å². The minimum absolute atomic E-state index is 0.0466. The number of thiophene rings is 1. The topological polar surface area (TPSA) is 86.3 Å². The van der Waals surface area contributed by atoms with Gasteiger partial charge in [-0.2, -0.15) is 4.39 Å². The van der Waals surface area contributed by atoms with E-state index in [1.807, 2.05) is 55.1 Å². The molecule has 0 fully saturated rings. The Labute approximate surface area is 194 Å². The summed E-state index contributed by atoms with van der Waals surface area (Å²) in [7, 11) is 3.96. The highest BCUT2D eigenvalue weighted by Crippen LogP contribution is 2.41. The third-order valence-electron chi connectivity index (χ3n) is 5.62. The van der Waals surface area contributed by atoms with Crippen LogP contribution in [-0.4, -0.2) is 65.5 Å². The molecule has 1 aromatic carbocycles. The molecular formula is C23H24FN7OS. The molecule has 0 unspecified atom stereocenters. The summed E-state index contributed by atoms with van der Waals surface area (Å²) >= 11 is 1.48. The summed E-state index contributed by atoms with van der Waals surface area (Å²) in [4.78, 5) is 30.0. The lowest BCUT2D eigenvalue weighted by Gasteiger charge is -2.24. The average Bonchev–Trinajstić information content (AvgIpc) is 3.10. The third kappa shape index (κ3) is 4.07. The molecule has 0 radical (unpaired) electrons. The summed E-state index contributed by atoms with van der Waals surface area (Å²) in [5.41, 5.74) is 1.66. The predicted molar refractivity (Wildman–Crippen MR) is 130 cm³/mol. The molecule has 5 rings (SSSR count). The van der Waals surface area contributed by atoms with E-state index < -0.39 is 5.95 Å². The minimum Gasteiger partial charge on any atom is -0.381 e. The van der Waals surface area contributed by atoms with Gasteiger partial charge < -0.3 is 20.4 Å². The van der Waals surface area contributed by atoms with Crippen LogP contribution in [0.5, 0.6) is 0 Å². The quantitative estimate of drug-likeness (QED) is 0.436. The number of hydrogen-bond donors (Lipinski definition) is 2. The molecule has 1 aliphatic heterocycles. The van der Waals surface area contributed by atoms with Gasteiger partial charge >= 0.3 is 0 Å². The van der Waals surface area contributed by atoms with Crippen LogP contribution in [0, 0.1) is 5.95 Å². The van der Waals surface area contributed by atoms with E-state index in [4.69, 9.17) is 4.98 Å². The van der Waals surface area contributed by atoms with Crippen molar-refractivity contribution < 1.29 is 9.18 Å². The molecular weight excluding hydrogens is 441 g/mol. The number of halogens is 1. The summed E-state index contributed by atoms with van der Waals surface area (Å²) in [6, 6.07) is 9.25. The molecule has 0 saturated heterocycles. The Morgan fingerprint density at radius 2 is 2.00 bits per heavy atom. The maximum absolute atomic E-state index is 13.8. The maximum Gasteiger partial charge on any atom is 0.263 e. The van der Waals surface area contributed by atoms with Crippen LogP contribution >= 0.6 is 11.3 Å². The van der Waals surface area contributed by atoms with Gasteiger partial charge in [0, 0.05) is 47.2 Å². The van der Waals surface area contributed by atoms with Crippen LogP contribution in [0.25, 0.3) is 21.0 Å². The molecule has 1 aliphatic rings. The summed E-state index contributed by atoms with van der Waals surface area (Å²) < 4.78 is 14.9. The van der Waals surface area contributed by atoms with Gasteiger partial charge in [0.1, 0.15) is 22.8 Å². The average molecular weight is 466 g/mol. The highest BCUT2D eigenvalue weighted by Gasteiger charge is 2.25. The summed E-state index contributed by atoms with van der Waals surface area (Å²) in [6.45, 7) is 3.95. The number of anilines is 3. The maximum atomic E-state index is 13.8. The number of fused-ring (bicyclic) bond motifs is 5. The van der Waals surface area contributed by atoms with Crippen LogP contribution in [0.15, 0.2) is 36.7 Å². The molecule has 3 aromatic heterocycles. The van der Waals surface area contributed by atoms with E-state index >= 15 is 0 Å². The van der Waals surface area contributed by atoms with Crippen LogP contribution in [0.3, 0.4) is 0 Å². The Balaban J connectivity index is 1.62. The van der Waals surface area contributed by atoms with E-state index in [9.17, 15) is 9.18 Å². The second kappa shape index (κ2) is 8.53. The molecule has 170 valence electrons. The number of hydrogen-bond acceptors (Lipinski definition) is 8. The smallest absolute Gasteiger partial charge is 0.263 e. The van der Waals surface area contributed by atoms with Crippen LogP contribution in [-0.2, 0) is 0 Å². The van der Waals surface area contributed by atoms with Crippen molar-refractivity contribution in [2.24, 2.45) is 0 Å². The molecule has 0 spiro atoms. The van der Waals surface area contributed by atoms with Crippen molar-refractivity contribution in [1.82, 2.24) is 25.2 Å². The third-order valence-corrected chi connectivity index (χ3v) is 6.77. The van der Waals surface area contributed by atoms with Crippen LogP contribution in [0.2, 0.25) is 0 Å². The number of nitrogens with one attached hydrogen (secondary N) is 2. The van der Waals surface area contributed by atoms with E-state index in [2.05, 4.69) is 20.6 Å². The summed E-state index contributed by atoms with van der Waals surface area (Å²) in [5.74, 6) is 0.482. The first-order valence-electron chi connectivity index (χ1n) is 10.7. The second-order valence-electron chi connectivity index (χ2n) is 8.39. The molecule has 0 bridgehead atoms. The molecule has 4 aromatic rings. The zero-order chi connectivity index (χ0) is 23.1. The largest absolute Gasteiger partial charge is 0.381 e. The molecule has 8 nitrogen and oxygen atoms in total. The number of rotatable bonds is 5. The Hall–Kier alpha value is -3.37. The van der Waals surface area contributed by atoms with Crippen molar-refractivity contribution in [3.05, 3.63) is 47.5 Å². The van der Waals surface area contributed by atoms with Crippen molar-refractivity contribution in [2.45, 2.75) is 13.0 Å². The predicted octanol–water partition coefficient (Wildman–Crippen LogP) is 3.62. The first-order chi connectivity index (χ1) is 15.9. The Bertz CT molecular complexity index is 1360. The monoisotopic (exact) mass is 465 g/mol. The van der Waals surface area contributed by atoms with Gasteiger partial charge in [-0.25, -0.2) is 15.0 Å². The summed E-state index contributed by atoms with van der Waals surface area (Å²) in [6.07, 6.45) is 1.22. The van der Waals surface area contributed by atoms with Crippen LogP contribution in [0.4, 0.5) is 21.7 Å². The number of amides is 1. The first-order valence-corrected chi connectivity index (χ1v) is 11.5. The molecule has 10 heteroatoms. The van der Waals surface area contributed by atoms with Crippen molar-refractivity contribution >= 4 is 55.6 Å². The normalized spacial score (nSPS) is 15.9. The first kappa shape index (κ1) is 21.5. The molecule has 0 saturated carbocycles. The number of pyridine rings is 1. The van der Waals surface area contributed by atoms with Crippen molar-refractivity contribution in [3.8, 4) is 0 Å². The highest BCUT2D eigenvalue weighted by atomic mass is 32.1. The molecule has 1 amide bonds. The zero-order valence-electron chi connectivity index (χ0n) is 18.6. The minimum atomic E-state index is -0.586. The lowest BCUT2D eigenvalue weighted by Crippen LogP contribution is -2.34. The fourth-order valence-corrected chi connectivity index (χ4v) is 5.08. The second-order valence-corrected chi connectivity index (χ2v) is 9.44. The standard InChI is InChI=1S/C23H24FN7OS/c1-13-11-25-21-20-14-4-7-18(29-15(14)5-6-16(20)33-22(21)23(32)28-13)31(9-8-30(2)3)19-10-17(24)26-12-27-19/h4-7,10,12-13,25H,8-9,11H2,1-3H3,(H,28,32)/t13-/m0/s1. The van der Waals surface area contributed by atoms with Crippen molar-refractivity contribution in [2.75, 3.05) is 43.9 Å². The number of likely N-dealkylation sites (N-methyl/N-ethyl adjacent to an activating group) is 1. The number of aromatic nitrogens is 3. The van der Waals surface area contributed by atoms with Gasteiger partial charge in [-0.05, 0) is 45.3 Å². The number of benzene rings is 1. The molecule has 2 N–H and O–H groups in total. The number of carbonyl (C=O) groups is 1. The lowest BCUT2D eigenvalue weighted by molar-refractivity contribution is 0.0949. The Morgan fingerprint density at radius 1 is 1.15 bits per heavy atom. The van der Waals surface area contributed by atoms with E-state index in [0.29, 0.717) is 29.6 Å². The van der Waals surface area contributed by atoms with E-state index in [0.717, 1.165) is 33.2 Å². The van der Waals surface area contributed by atoms with Gasteiger partial charge in [-0.1, -0.05) is 0 Å². The zero-order valence-corrected chi connectivity index (χ0v) is 19.4. The Kier molecular flexibility index (Phi) is 5.55. The van der Waals surface area contributed by atoms with Crippen LogP contribution in [0.1, 0.15) is 16.6 Å². The van der Waals surface area contributed by atoms with Crippen LogP contribution < -0.4 is 15.5 Å². The van der Waals surface area contributed by atoms with Gasteiger partial charge in [0.15, 0.2) is 0 Å². The van der Waals surface area contributed by atoms with Gasteiger partial charge in [0.05, 0.1) is 11.2 Å². The molecule has 1 atom stereocenters. The highest BCUT2D eigenvalue weighted by molar-refractivity contribution is 7.21. The fourth-order valence-electron chi connectivity index (χ4n) is 3.98. The van der Waals surface area contributed by atoms with E-state index in [1.54, 1.807) is 0 Å². The Morgan fingerprint density at radius 3 is 2.79 bits per heavy atom. The van der Waals surface area contributed by atoms with E-state index in [1.165, 1.54) is 23.7 Å². The SMILES string of the molecule is C[C@H]1CNc2c(sc3ccc4nc(N(CCN(C)C)c5cc(F)ncn5)ccc4c23)C(=O)N1. The fraction of sp³-hybridized carbons (Fsp3) is 0.304. The number of carbonyl (C=O) groups excluding carboxylic acids is 1. The molecule has 4 heterocycles. The van der Waals surface area contributed by atoms with Gasteiger partial charge in [-0.15, -0.1) is 11.3 Å². The van der Waals surface area contributed by atoms with Crippen molar-refractivity contribution in [3.63, 3.8) is 0 Å².